The molecule has 0 saturated heterocycles. The minimum atomic E-state index is -0.337. The molecule has 3 rings (SSSR count). The first kappa shape index (κ1) is 14.1. The van der Waals surface area contributed by atoms with Crippen LogP contribution in [0.2, 0.25) is 0 Å². The molecule has 0 bridgehead atoms. The van der Waals surface area contributed by atoms with Crippen molar-refractivity contribution in [3.05, 3.63) is 78.1 Å². The molecular weight excluding hydrogens is 281 g/mol. The Balaban J connectivity index is 1.82. The van der Waals surface area contributed by atoms with Gasteiger partial charge in [-0.25, -0.2) is 4.39 Å². The van der Waals surface area contributed by atoms with Gasteiger partial charge in [0.05, 0.1) is 0 Å². The number of hydrogen-bond acceptors (Lipinski definition) is 3. The van der Waals surface area contributed by atoms with Gasteiger partial charge in [-0.1, -0.05) is 41.6 Å². The van der Waals surface area contributed by atoms with Crippen molar-refractivity contribution in [1.82, 2.24) is 0 Å². The Labute approximate surface area is 127 Å². The van der Waals surface area contributed by atoms with Crippen LogP contribution in [-0.4, -0.2) is 17.5 Å². The van der Waals surface area contributed by atoms with Crippen LogP contribution in [0.4, 0.5) is 4.39 Å². The molecule has 0 spiro atoms. The third kappa shape index (κ3) is 2.91. The summed E-state index contributed by atoms with van der Waals surface area (Å²) in [5.41, 5.74) is 0.956. The van der Waals surface area contributed by atoms with E-state index in [0.29, 0.717) is 17.0 Å². The van der Waals surface area contributed by atoms with Crippen molar-refractivity contribution >= 4 is 16.5 Å². The van der Waals surface area contributed by atoms with Gasteiger partial charge in [0, 0.05) is 10.9 Å². The highest BCUT2D eigenvalue weighted by Crippen LogP contribution is 2.25. The van der Waals surface area contributed by atoms with Gasteiger partial charge in [0.15, 0.2) is 0 Å². The summed E-state index contributed by atoms with van der Waals surface area (Å²) in [4.78, 5) is 0. The third-order valence-electron chi connectivity index (χ3n) is 3.41. The summed E-state index contributed by atoms with van der Waals surface area (Å²) in [6.07, 6.45) is 0. The maximum atomic E-state index is 12.9. The standard InChI is InChI=1S/C18H14FNO2/c19-15-10-8-14(9-11-15)17(20-21)12-22-18-7-3-5-13-4-1-2-6-16(13)18/h1-11,21H,12H2/b20-17+. The zero-order valence-corrected chi connectivity index (χ0v) is 11.7. The van der Waals surface area contributed by atoms with Crippen LogP contribution in [0.5, 0.6) is 5.75 Å². The number of nitrogens with zero attached hydrogens (tertiary/aromatic N) is 1. The molecule has 0 aromatic heterocycles. The van der Waals surface area contributed by atoms with Gasteiger partial charge in [-0.3, -0.25) is 0 Å². The first-order valence-corrected chi connectivity index (χ1v) is 6.85. The van der Waals surface area contributed by atoms with Crippen molar-refractivity contribution in [2.75, 3.05) is 6.61 Å². The average Bonchev–Trinajstić information content (AvgIpc) is 2.57. The SMILES string of the molecule is O/N=C(\COc1cccc2ccccc12)c1ccc(F)cc1. The maximum absolute atomic E-state index is 12.9. The molecule has 0 fully saturated rings. The van der Waals surface area contributed by atoms with Gasteiger partial charge < -0.3 is 9.94 Å². The molecule has 0 aliphatic heterocycles. The van der Waals surface area contributed by atoms with E-state index in [2.05, 4.69) is 5.16 Å². The molecule has 110 valence electrons. The van der Waals surface area contributed by atoms with Crippen molar-refractivity contribution in [1.29, 1.82) is 0 Å². The molecule has 4 heteroatoms. The third-order valence-corrected chi connectivity index (χ3v) is 3.41. The van der Waals surface area contributed by atoms with E-state index >= 15 is 0 Å². The Morgan fingerprint density at radius 2 is 1.68 bits per heavy atom. The van der Waals surface area contributed by atoms with E-state index in [-0.39, 0.29) is 12.4 Å². The summed E-state index contributed by atoms with van der Waals surface area (Å²) in [6.45, 7) is 0.0934. The Morgan fingerprint density at radius 3 is 2.45 bits per heavy atom. The molecule has 0 atom stereocenters. The summed E-state index contributed by atoms with van der Waals surface area (Å²) in [6, 6.07) is 19.4. The number of benzene rings is 3. The largest absolute Gasteiger partial charge is 0.486 e. The zero-order valence-electron chi connectivity index (χ0n) is 11.7. The van der Waals surface area contributed by atoms with E-state index in [1.54, 1.807) is 12.1 Å². The number of rotatable bonds is 4. The molecule has 0 radical (unpaired) electrons. The van der Waals surface area contributed by atoms with Crippen molar-refractivity contribution in [2.24, 2.45) is 5.16 Å². The van der Waals surface area contributed by atoms with Crippen molar-refractivity contribution in [3.63, 3.8) is 0 Å². The minimum absolute atomic E-state index is 0.0934. The summed E-state index contributed by atoms with van der Waals surface area (Å²) in [7, 11) is 0. The molecule has 22 heavy (non-hydrogen) atoms. The van der Waals surface area contributed by atoms with Crippen LogP contribution in [0, 0.1) is 5.82 Å². The second kappa shape index (κ2) is 6.26. The summed E-state index contributed by atoms with van der Waals surface area (Å²) >= 11 is 0. The van der Waals surface area contributed by atoms with Gasteiger partial charge in [-0.05, 0) is 35.7 Å². The number of ether oxygens (including phenoxy) is 1. The van der Waals surface area contributed by atoms with Crippen LogP contribution in [0.1, 0.15) is 5.56 Å². The Bertz CT molecular complexity index is 807. The molecule has 0 saturated carbocycles. The summed E-state index contributed by atoms with van der Waals surface area (Å²) in [5, 5.41) is 14.5. The predicted octanol–water partition coefficient (Wildman–Crippen LogP) is 4.24. The van der Waals surface area contributed by atoms with E-state index in [1.165, 1.54) is 12.1 Å². The van der Waals surface area contributed by atoms with Gasteiger partial charge in [0.2, 0.25) is 0 Å². The number of fused-ring (bicyclic) bond motifs is 1. The van der Waals surface area contributed by atoms with Crippen molar-refractivity contribution < 1.29 is 14.3 Å². The number of oxime groups is 1. The molecule has 3 aromatic carbocycles. The fraction of sp³-hybridized carbons (Fsp3) is 0.0556. The van der Waals surface area contributed by atoms with Crippen LogP contribution in [-0.2, 0) is 0 Å². The smallest absolute Gasteiger partial charge is 0.134 e. The fourth-order valence-corrected chi connectivity index (χ4v) is 2.28. The van der Waals surface area contributed by atoms with Gasteiger partial charge in [-0.15, -0.1) is 0 Å². The first-order valence-electron chi connectivity index (χ1n) is 6.85. The van der Waals surface area contributed by atoms with Crippen LogP contribution < -0.4 is 4.74 Å². The second-order valence-electron chi connectivity index (χ2n) is 4.82. The van der Waals surface area contributed by atoms with Gasteiger partial charge in [-0.2, -0.15) is 0 Å². The monoisotopic (exact) mass is 295 g/mol. The van der Waals surface area contributed by atoms with Crippen LogP contribution in [0.15, 0.2) is 71.9 Å². The molecule has 3 aromatic rings. The maximum Gasteiger partial charge on any atom is 0.134 e. The highest BCUT2D eigenvalue weighted by atomic mass is 19.1. The summed E-state index contributed by atoms with van der Waals surface area (Å²) < 4.78 is 18.7. The van der Waals surface area contributed by atoms with E-state index in [4.69, 9.17) is 9.94 Å². The Kier molecular flexibility index (Phi) is 4.01. The van der Waals surface area contributed by atoms with E-state index in [9.17, 15) is 4.39 Å². The lowest BCUT2D eigenvalue weighted by Gasteiger charge is -2.10. The predicted molar refractivity (Wildman–Crippen MR) is 84.2 cm³/mol. The lowest BCUT2D eigenvalue weighted by atomic mass is 10.1. The number of hydrogen-bond donors (Lipinski definition) is 1. The molecular formula is C18H14FNO2. The lowest BCUT2D eigenvalue weighted by Crippen LogP contribution is -2.13. The molecule has 1 N–H and O–H groups in total. The molecule has 0 heterocycles. The second-order valence-corrected chi connectivity index (χ2v) is 4.82. The molecule has 3 nitrogen and oxygen atoms in total. The highest BCUT2D eigenvalue weighted by Gasteiger charge is 2.08. The molecule has 0 unspecified atom stereocenters. The zero-order chi connectivity index (χ0) is 15.4. The van der Waals surface area contributed by atoms with E-state index in [1.807, 2.05) is 42.5 Å². The van der Waals surface area contributed by atoms with Gasteiger partial charge in [0.25, 0.3) is 0 Å². The highest BCUT2D eigenvalue weighted by molar-refractivity contribution is 6.01. The van der Waals surface area contributed by atoms with Crippen LogP contribution in [0.3, 0.4) is 0 Å². The first-order chi connectivity index (χ1) is 10.8. The molecule has 0 aliphatic carbocycles. The Morgan fingerprint density at radius 1 is 0.955 bits per heavy atom. The van der Waals surface area contributed by atoms with Crippen molar-refractivity contribution in [3.8, 4) is 5.75 Å². The minimum Gasteiger partial charge on any atom is -0.486 e. The Hall–Kier alpha value is -2.88. The quantitative estimate of drug-likeness (QED) is 0.444. The lowest BCUT2D eigenvalue weighted by molar-refractivity contribution is 0.308. The summed E-state index contributed by atoms with van der Waals surface area (Å²) in [5.74, 6) is 0.373. The van der Waals surface area contributed by atoms with Crippen molar-refractivity contribution in [2.45, 2.75) is 0 Å². The molecule has 0 aliphatic rings. The molecule has 0 amide bonds. The van der Waals surface area contributed by atoms with Crippen LogP contribution in [0.25, 0.3) is 10.8 Å². The van der Waals surface area contributed by atoms with E-state index in [0.717, 1.165) is 10.8 Å². The van der Waals surface area contributed by atoms with E-state index < -0.39 is 0 Å². The van der Waals surface area contributed by atoms with Crippen LogP contribution >= 0.6 is 0 Å². The van der Waals surface area contributed by atoms with Gasteiger partial charge in [0.1, 0.15) is 23.9 Å². The normalized spacial score (nSPS) is 11.6. The topological polar surface area (TPSA) is 41.8 Å². The fourth-order valence-electron chi connectivity index (χ4n) is 2.28. The average molecular weight is 295 g/mol. The van der Waals surface area contributed by atoms with Gasteiger partial charge >= 0.3 is 0 Å². The number of halogens is 1.